The van der Waals surface area contributed by atoms with Gasteiger partial charge >= 0.3 is 0 Å². The molecule has 1 N–H and O–H groups in total. The minimum absolute atomic E-state index is 0.757. The summed E-state index contributed by atoms with van der Waals surface area (Å²) in [7, 11) is 3.87. The lowest BCUT2D eigenvalue weighted by molar-refractivity contribution is 0.306. The Morgan fingerprint density at radius 3 is 2.17 bits per heavy atom. The molecule has 2 heteroatoms. The summed E-state index contributed by atoms with van der Waals surface area (Å²) in [6.45, 7) is 4.33. The van der Waals surface area contributed by atoms with Crippen molar-refractivity contribution in [3.05, 3.63) is 6.92 Å². The van der Waals surface area contributed by atoms with Crippen molar-refractivity contribution < 1.29 is 0 Å². The number of hydrogen-bond donors (Lipinski definition) is 1. The summed E-state index contributed by atoms with van der Waals surface area (Å²) < 4.78 is 0. The second-order valence-electron chi connectivity index (χ2n) is 1.30. The van der Waals surface area contributed by atoms with Gasteiger partial charge in [-0.25, -0.2) is 0 Å². The molecule has 0 aromatic heterocycles. The van der Waals surface area contributed by atoms with Crippen molar-refractivity contribution >= 4 is 0 Å². The normalized spacial score (nSPS) is 10.0. The summed E-state index contributed by atoms with van der Waals surface area (Å²) in [6.07, 6.45) is 0. The van der Waals surface area contributed by atoms with Crippen molar-refractivity contribution in [3.63, 3.8) is 0 Å². The second kappa shape index (κ2) is 3.12. The molecule has 0 unspecified atom stereocenters. The van der Waals surface area contributed by atoms with Gasteiger partial charge in [-0.3, -0.25) is 10.4 Å². The Labute approximate surface area is 39.1 Å². The molecule has 0 aliphatic rings. The molecule has 0 atom stereocenters. The van der Waals surface area contributed by atoms with Gasteiger partial charge in [0.2, 0.25) is 0 Å². The van der Waals surface area contributed by atoms with Crippen LogP contribution in [0.15, 0.2) is 0 Å². The monoisotopic (exact) mass is 87.1 g/mol. The van der Waals surface area contributed by atoms with Crippen LogP contribution < -0.4 is 5.43 Å². The molecule has 2 nitrogen and oxygen atoms in total. The highest BCUT2D eigenvalue weighted by Gasteiger charge is 1.75. The number of nitrogens with zero attached hydrogens (tertiary/aromatic N) is 1. The Hall–Kier alpha value is -0.0800. The molecule has 0 amide bonds. The Bertz CT molecular complexity index is 26.7. The van der Waals surface area contributed by atoms with E-state index in [0.29, 0.717) is 0 Å². The number of nitrogens with one attached hydrogen (secondary N) is 1. The number of hydrazine groups is 1. The van der Waals surface area contributed by atoms with Gasteiger partial charge in [-0.1, -0.05) is 0 Å². The third kappa shape index (κ3) is 3.92. The zero-order valence-electron chi connectivity index (χ0n) is 4.36. The molecule has 0 aliphatic carbocycles. The van der Waals surface area contributed by atoms with Gasteiger partial charge < -0.3 is 0 Å². The Kier molecular flexibility index (Phi) is 3.08. The first-order valence-corrected chi connectivity index (χ1v) is 1.97. The maximum atomic E-state index is 3.57. The smallest absolute Gasteiger partial charge is 0.0102 e. The molecule has 6 heavy (non-hydrogen) atoms. The van der Waals surface area contributed by atoms with E-state index in [1.54, 1.807) is 0 Å². The molecule has 0 aromatic carbocycles. The van der Waals surface area contributed by atoms with Gasteiger partial charge in [0.1, 0.15) is 0 Å². The summed E-state index contributed by atoms with van der Waals surface area (Å²) >= 11 is 0. The highest BCUT2D eigenvalue weighted by atomic mass is 15.5. The molecule has 0 fully saturated rings. The molecule has 0 spiro atoms. The van der Waals surface area contributed by atoms with E-state index in [1.807, 2.05) is 19.1 Å². The summed E-state index contributed by atoms with van der Waals surface area (Å²) in [6, 6.07) is 0. The lowest BCUT2D eigenvalue weighted by Crippen LogP contribution is -2.29. The van der Waals surface area contributed by atoms with E-state index in [9.17, 15) is 0 Å². The first kappa shape index (κ1) is 5.92. The SMILES string of the molecule is [CH2]CNN(C)C. The lowest BCUT2D eigenvalue weighted by atomic mass is 10.8. The van der Waals surface area contributed by atoms with Gasteiger partial charge in [0.15, 0.2) is 0 Å². The fourth-order valence-electron chi connectivity index (χ4n) is 0.224. The average molecular weight is 87.1 g/mol. The van der Waals surface area contributed by atoms with Crippen LogP contribution in [0.2, 0.25) is 0 Å². The molecule has 0 rings (SSSR count). The van der Waals surface area contributed by atoms with Crippen LogP contribution in [0.4, 0.5) is 0 Å². The van der Waals surface area contributed by atoms with Gasteiger partial charge in [0.25, 0.3) is 0 Å². The van der Waals surface area contributed by atoms with Crippen molar-refractivity contribution in [3.8, 4) is 0 Å². The van der Waals surface area contributed by atoms with Crippen LogP contribution in [0.1, 0.15) is 0 Å². The molecule has 0 bridgehead atoms. The van der Waals surface area contributed by atoms with Gasteiger partial charge in [-0.2, -0.15) is 0 Å². The molecule has 0 saturated carbocycles. The van der Waals surface area contributed by atoms with Gasteiger partial charge in [0, 0.05) is 20.6 Å². The number of hydrogen-bond acceptors (Lipinski definition) is 2. The highest BCUT2D eigenvalue weighted by molar-refractivity contribution is 4.36. The van der Waals surface area contributed by atoms with E-state index in [-0.39, 0.29) is 0 Å². The quantitative estimate of drug-likeness (QED) is 0.473. The van der Waals surface area contributed by atoms with Crippen LogP contribution in [0.3, 0.4) is 0 Å². The summed E-state index contributed by atoms with van der Waals surface area (Å²) in [5.74, 6) is 0. The molecule has 0 aliphatic heterocycles. The van der Waals surface area contributed by atoms with E-state index in [4.69, 9.17) is 0 Å². The van der Waals surface area contributed by atoms with Crippen LogP contribution in [0.5, 0.6) is 0 Å². The third-order valence-electron chi connectivity index (χ3n) is 0.428. The largest absolute Gasteiger partial charge is 0.256 e. The topological polar surface area (TPSA) is 15.3 Å². The van der Waals surface area contributed by atoms with E-state index in [0.717, 1.165) is 6.54 Å². The fourth-order valence-corrected chi connectivity index (χ4v) is 0.224. The van der Waals surface area contributed by atoms with E-state index < -0.39 is 0 Å². The molecule has 1 radical (unpaired) electrons. The zero-order valence-corrected chi connectivity index (χ0v) is 4.36. The fraction of sp³-hybridized carbons (Fsp3) is 0.750. The Balaban J connectivity index is 2.63. The van der Waals surface area contributed by atoms with E-state index in [2.05, 4.69) is 12.3 Å². The minimum Gasteiger partial charge on any atom is -0.256 e. The summed E-state index contributed by atoms with van der Waals surface area (Å²) in [5, 5.41) is 1.87. The van der Waals surface area contributed by atoms with Crippen molar-refractivity contribution in [2.75, 3.05) is 20.6 Å². The van der Waals surface area contributed by atoms with Crippen molar-refractivity contribution in [1.82, 2.24) is 10.4 Å². The first-order chi connectivity index (χ1) is 2.77. The van der Waals surface area contributed by atoms with E-state index >= 15 is 0 Å². The summed E-state index contributed by atoms with van der Waals surface area (Å²) in [4.78, 5) is 0. The van der Waals surface area contributed by atoms with Gasteiger partial charge in [-0.05, 0) is 6.92 Å². The van der Waals surface area contributed by atoms with E-state index in [1.165, 1.54) is 0 Å². The van der Waals surface area contributed by atoms with Crippen LogP contribution in [0, 0.1) is 6.92 Å². The Morgan fingerprint density at radius 1 is 1.67 bits per heavy atom. The molecule has 0 aromatic rings. The molecule has 0 saturated heterocycles. The first-order valence-electron chi connectivity index (χ1n) is 1.97. The van der Waals surface area contributed by atoms with Gasteiger partial charge in [0.05, 0.1) is 0 Å². The number of rotatable bonds is 2. The third-order valence-corrected chi connectivity index (χ3v) is 0.428. The molecular weight excluding hydrogens is 76.1 g/mol. The predicted molar refractivity (Wildman–Crippen MR) is 27.0 cm³/mol. The van der Waals surface area contributed by atoms with Crippen molar-refractivity contribution in [2.24, 2.45) is 0 Å². The summed E-state index contributed by atoms with van der Waals surface area (Å²) in [5.41, 5.74) is 2.93. The van der Waals surface area contributed by atoms with Crippen LogP contribution in [0.25, 0.3) is 0 Å². The van der Waals surface area contributed by atoms with Crippen LogP contribution in [-0.4, -0.2) is 25.6 Å². The maximum absolute atomic E-state index is 3.57. The predicted octanol–water partition coefficient (Wildman–Crippen LogP) is -0.113. The second-order valence-corrected chi connectivity index (χ2v) is 1.30. The standard InChI is InChI=1S/C4H11N2/c1-4-5-6(2)3/h5H,1,4H2,2-3H3. The zero-order chi connectivity index (χ0) is 4.99. The minimum atomic E-state index is 0.757. The molecule has 37 valence electrons. The van der Waals surface area contributed by atoms with Gasteiger partial charge in [-0.15, -0.1) is 0 Å². The Morgan fingerprint density at radius 2 is 2.17 bits per heavy atom. The molecular formula is C4H11N2. The average Bonchev–Trinajstić information content (AvgIpc) is 1.35. The maximum Gasteiger partial charge on any atom is 0.0102 e. The molecule has 0 heterocycles. The lowest BCUT2D eigenvalue weighted by Gasteiger charge is -2.07. The van der Waals surface area contributed by atoms with Crippen molar-refractivity contribution in [1.29, 1.82) is 0 Å². The van der Waals surface area contributed by atoms with Crippen LogP contribution >= 0.6 is 0 Å². The van der Waals surface area contributed by atoms with Crippen molar-refractivity contribution in [2.45, 2.75) is 0 Å². The highest BCUT2D eigenvalue weighted by Crippen LogP contribution is 1.56. The van der Waals surface area contributed by atoms with Crippen LogP contribution in [-0.2, 0) is 0 Å².